The van der Waals surface area contributed by atoms with E-state index in [0.29, 0.717) is 34.8 Å². The van der Waals surface area contributed by atoms with Crippen LogP contribution in [0, 0.1) is 11.8 Å². The minimum absolute atomic E-state index is 0.151. The minimum atomic E-state index is -0.487. The summed E-state index contributed by atoms with van der Waals surface area (Å²) < 4.78 is 3.32. The van der Waals surface area contributed by atoms with Crippen molar-refractivity contribution in [3.63, 3.8) is 0 Å². The Morgan fingerprint density at radius 3 is 2.74 bits per heavy atom. The highest BCUT2D eigenvalue weighted by Crippen LogP contribution is 2.29. The van der Waals surface area contributed by atoms with Crippen LogP contribution in [-0.4, -0.2) is 41.9 Å². The number of benzene rings is 2. The number of amides is 1. The van der Waals surface area contributed by atoms with Gasteiger partial charge in [-0.05, 0) is 25.1 Å². The predicted octanol–water partition coefficient (Wildman–Crippen LogP) is 3.27. The molecule has 0 saturated heterocycles. The number of aryl methyl sites for hydroxylation is 1. The Balaban J connectivity index is 1.41. The van der Waals surface area contributed by atoms with E-state index in [1.54, 1.807) is 15.6 Å². The van der Waals surface area contributed by atoms with Crippen molar-refractivity contribution < 1.29 is 4.79 Å². The molecule has 6 rings (SSSR count). The molecule has 5 aromatic rings. The SMILES string of the molecule is CC(NC(=O)c1c(N)nc2n1NCC=C2)c1nc2cccc(C#Cc3cnn(C)c3)c2nc1-c1ccccc1. The van der Waals surface area contributed by atoms with E-state index in [1.165, 1.54) is 0 Å². The number of nitrogens with zero attached hydrogens (tertiary/aromatic N) is 6. The summed E-state index contributed by atoms with van der Waals surface area (Å²) in [5, 5.41) is 7.22. The number of carbonyl (C=O) groups is 1. The Labute approximate surface area is 224 Å². The van der Waals surface area contributed by atoms with E-state index < -0.39 is 6.04 Å². The number of nitrogens with two attached hydrogens (primary N) is 1. The highest BCUT2D eigenvalue weighted by atomic mass is 16.2. The Morgan fingerprint density at radius 2 is 1.95 bits per heavy atom. The maximum Gasteiger partial charge on any atom is 0.274 e. The molecule has 1 atom stereocenters. The van der Waals surface area contributed by atoms with Crippen LogP contribution in [0.3, 0.4) is 0 Å². The molecule has 0 saturated carbocycles. The highest BCUT2D eigenvalue weighted by molar-refractivity contribution is 5.98. The van der Waals surface area contributed by atoms with Gasteiger partial charge in [0.05, 0.1) is 40.3 Å². The number of para-hydroxylation sites is 1. The van der Waals surface area contributed by atoms with Crippen molar-refractivity contribution in [2.45, 2.75) is 13.0 Å². The largest absolute Gasteiger partial charge is 0.382 e. The Kier molecular flexibility index (Phi) is 6.01. The van der Waals surface area contributed by atoms with Gasteiger partial charge in [0, 0.05) is 25.4 Å². The van der Waals surface area contributed by atoms with Gasteiger partial charge in [-0.15, -0.1) is 0 Å². The van der Waals surface area contributed by atoms with E-state index in [9.17, 15) is 4.79 Å². The molecule has 3 aromatic heterocycles. The van der Waals surface area contributed by atoms with Crippen LogP contribution in [0.5, 0.6) is 0 Å². The maximum absolute atomic E-state index is 13.4. The highest BCUT2D eigenvalue weighted by Gasteiger charge is 2.25. The first kappa shape index (κ1) is 23.9. The average Bonchev–Trinajstić information content (AvgIpc) is 3.52. The van der Waals surface area contributed by atoms with Crippen molar-refractivity contribution in [3.05, 3.63) is 95.3 Å². The number of fused-ring (bicyclic) bond motifs is 2. The molecule has 0 radical (unpaired) electrons. The molecule has 0 bridgehead atoms. The fraction of sp³-hybridized carbons (Fsp3) is 0.138. The van der Waals surface area contributed by atoms with Crippen molar-refractivity contribution in [2.75, 3.05) is 17.7 Å². The molecule has 0 spiro atoms. The van der Waals surface area contributed by atoms with Gasteiger partial charge in [-0.2, -0.15) is 5.10 Å². The summed E-state index contributed by atoms with van der Waals surface area (Å²) in [6.07, 6.45) is 7.32. The smallest absolute Gasteiger partial charge is 0.274 e. The summed E-state index contributed by atoms with van der Waals surface area (Å²) in [5.74, 6) is 6.74. The molecular weight excluding hydrogens is 490 g/mol. The molecule has 4 N–H and O–H groups in total. The van der Waals surface area contributed by atoms with Crippen LogP contribution in [0.15, 0.2) is 67.0 Å². The third-order valence-electron chi connectivity index (χ3n) is 6.35. The van der Waals surface area contributed by atoms with Crippen LogP contribution in [0.1, 0.15) is 46.1 Å². The van der Waals surface area contributed by atoms with Gasteiger partial charge < -0.3 is 16.5 Å². The Hall–Kier alpha value is -5.43. The summed E-state index contributed by atoms with van der Waals surface area (Å²) in [5.41, 5.74) is 14.6. The first-order valence-electron chi connectivity index (χ1n) is 12.4. The Morgan fingerprint density at radius 1 is 1.10 bits per heavy atom. The van der Waals surface area contributed by atoms with Gasteiger partial charge in [0.2, 0.25) is 0 Å². The van der Waals surface area contributed by atoms with E-state index in [-0.39, 0.29) is 17.4 Å². The molecule has 0 fully saturated rings. The first-order chi connectivity index (χ1) is 19.0. The molecule has 2 aromatic carbocycles. The lowest BCUT2D eigenvalue weighted by atomic mass is 10.0. The van der Waals surface area contributed by atoms with Crippen LogP contribution in [-0.2, 0) is 7.05 Å². The van der Waals surface area contributed by atoms with Gasteiger partial charge in [-0.25, -0.2) is 19.6 Å². The van der Waals surface area contributed by atoms with Crippen LogP contribution in [0.4, 0.5) is 5.82 Å². The first-order valence-corrected chi connectivity index (χ1v) is 12.4. The standard InChI is InChI=1S/C29H25N9O/c1-18(33-29(39)27-28(30)35-23-12-7-15-31-38(23)27)24-26(20-8-4-3-5-9-20)36-25-21(10-6-11-22(25)34-24)14-13-19-16-32-37(2)17-19/h3-12,16-18,31H,15,30H2,1-2H3,(H,33,39). The number of hydrogen-bond acceptors (Lipinski definition) is 7. The molecule has 1 unspecified atom stereocenters. The van der Waals surface area contributed by atoms with Gasteiger partial charge in [0.1, 0.15) is 5.52 Å². The zero-order valence-corrected chi connectivity index (χ0v) is 21.4. The third-order valence-corrected chi connectivity index (χ3v) is 6.35. The minimum Gasteiger partial charge on any atom is -0.382 e. The van der Waals surface area contributed by atoms with Crippen LogP contribution >= 0.6 is 0 Å². The van der Waals surface area contributed by atoms with E-state index in [2.05, 4.69) is 32.7 Å². The summed E-state index contributed by atoms with van der Waals surface area (Å²) in [7, 11) is 1.85. The van der Waals surface area contributed by atoms with Gasteiger partial charge in [0.25, 0.3) is 5.91 Å². The van der Waals surface area contributed by atoms with Crippen molar-refractivity contribution >= 4 is 28.8 Å². The lowest BCUT2D eigenvalue weighted by molar-refractivity contribution is 0.0932. The zero-order valence-electron chi connectivity index (χ0n) is 21.4. The predicted molar refractivity (Wildman–Crippen MR) is 150 cm³/mol. The molecule has 1 aliphatic heterocycles. The molecule has 192 valence electrons. The lowest BCUT2D eigenvalue weighted by Crippen LogP contribution is -2.33. The molecule has 0 aliphatic carbocycles. The van der Waals surface area contributed by atoms with Crippen molar-refractivity contribution in [1.29, 1.82) is 0 Å². The van der Waals surface area contributed by atoms with Crippen LogP contribution in [0.25, 0.3) is 28.4 Å². The van der Waals surface area contributed by atoms with Crippen molar-refractivity contribution in [3.8, 4) is 23.1 Å². The lowest BCUT2D eigenvalue weighted by Gasteiger charge is -2.19. The van der Waals surface area contributed by atoms with Gasteiger partial charge in [0.15, 0.2) is 17.3 Å². The van der Waals surface area contributed by atoms with E-state index in [0.717, 1.165) is 16.7 Å². The number of nitrogens with one attached hydrogen (secondary N) is 2. The van der Waals surface area contributed by atoms with Crippen molar-refractivity contribution in [1.82, 2.24) is 34.7 Å². The number of rotatable bonds is 4. The number of anilines is 1. The van der Waals surface area contributed by atoms with Gasteiger partial charge in [-0.3, -0.25) is 9.48 Å². The molecule has 1 amide bonds. The topological polar surface area (TPSA) is 129 Å². The monoisotopic (exact) mass is 515 g/mol. The molecule has 39 heavy (non-hydrogen) atoms. The van der Waals surface area contributed by atoms with E-state index in [1.807, 2.05) is 80.9 Å². The Bertz CT molecular complexity index is 1810. The van der Waals surface area contributed by atoms with Gasteiger partial charge in [-0.1, -0.05) is 54.3 Å². The third kappa shape index (κ3) is 4.57. The molecule has 4 heterocycles. The quantitative estimate of drug-likeness (QED) is 0.313. The summed E-state index contributed by atoms with van der Waals surface area (Å²) >= 11 is 0. The second-order valence-corrected chi connectivity index (χ2v) is 9.15. The normalized spacial score (nSPS) is 12.8. The summed E-state index contributed by atoms with van der Waals surface area (Å²) in [4.78, 5) is 27.7. The molecule has 10 heteroatoms. The summed E-state index contributed by atoms with van der Waals surface area (Å²) in [6, 6.07) is 15.0. The summed E-state index contributed by atoms with van der Waals surface area (Å²) in [6.45, 7) is 2.45. The average molecular weight is 516 g/mol. The van der Waals surface area contributed by atoms with Gasteiger partial charge >= 0.3 is 0 Å². The zero-order chi connectivity index (χ0) is 26.9. The fourth-order valence-corrected chi connectivity index (χ4v) is 4.51. The second-order valence-electron chi connectivity index (χ2n) is 9.15. The fourth-order valence-electron chi connectivity index (χ4n) is 4.51. The number of imidazole rings is 1. The molecule has 1 aliphatic rings. The number of carbonyl (C=O) groups excluding carboxylic acids is 1. The van der Waals surface area contributed by atoms with E-state index in [4.69, 9.17) is 15.7 Å². The van der Waals surface area contributed by atoms with Crippen LogP contribution < -0.4 is 16.5 Å². The second kappa shape index (κ2) is 9.79. The van der Waals surface area contributed by atoms with Crippen LogP contribution in [0.2, 0.25) is 0 Å². The maximum atomic E-state index is 13.4. The van der Waals surface area contributed by atoms with E-state index >= 15 is 0 Å². The number of hydrogen-bond donors (Lipinski definition) is 3. The number of nitrogen functional groups attached to an aromatic ring is 1. The molecular formula is C29H25N9O. The van der Waals surface area contributed by atoms with Crippen molar-refractivity contribution in [2.24, 2.45) is 7.05 Å². The number of aromatic nitrogens is 6. The molecule has 10 nitrogen and oxygen atoms in total.